The number of carbonyl (C=O) groups is 1. The molecule has 7 nitrogen and oxygen atoms in total. The molecule has 1 aromatic rings. The van der Waals surface area contributed by atoms with Crippen LogP contribution >= 0.6 is 0 Å². The first-order chi connectivity index (χ1) is 10.3. The van der Waals surface area contributed by atoms with Gasteiger partial charge in [0.15, 0.2) is 0 Å². The van der Waals surface area contributed by atoms with E-state index in [9.17, 15) is 13.2 Å². The van der Waals surface area contributed by atoms with Crippen LogP contribution in [0.4, 0.5) is 11.5 Å². The Morgan fingerprint density at radius 3 is 2.64 bits per heavy atom. The fourth-order valence-electron chi connectivity index (χ4n) is 2.51. The Hall–Kier alpha value is -1.67. The molecule has 0 spiro atoms. The summed E-state index contributed by atoms with van der Waals surface area (Å²) in [6.45, 7) is 0.398. The number of carbonyl (C=O) groups excluding carboxylic acids is 1. The average Bonchev–Trinajstić information content (AvgIpc) is 2.47. The van der Waals surface area contributed by atoms with Crippen LogP contribution < -0.4 is 10.2 Å². The molecule has 0 aliphatic carbocycles. The van der Waals surface area contributed by atoms with Crippen molar-refractivity contribution in [2.75, 3.05) is 37.1 Å². The summed E-state index contributed by atoms with van der Waals surface area (Å²) in [5, 5.41) is 2.75. The van der Waals surface area contributed by atoms with Crippen LogP contribution in [0.3, 0.4) is 0 Å². The summed E-state index contributed by atoms with van der Waals surface area (Å²) < 4.78 is 24.9. The lowest BCUT2D eigenvalue weighted by molar-refractivity contribution is -0.120. The Kier molecular flexibility index (Phi) is 5.02. The summed E-state index contributed by atoms with van der Waals surface area (Å²) in [4.78, 5) is 18.5. The largest absolute Gasteiger partial charge is 0.363 e. The molecule has 1 aliphatic heterocycles. The molecule has 0 saturated carbocycles. The summed E-state index contributed by atoms with van der Waals surface area (Å²) in [7, 11) is 0.383. The topological polar surface area (TPSA) is 82.6 Å². The monoisotopic (exact) mass is 326 g/mol. The molecule has 0 bridgehead atoms. The van der Waals surface area contributed by atoms with Crippen molar-refractivity contribution >= 4 is 27.4 Å². The molecule has 1 fully saturated rings. The van der Waals surface area contributed by atoms with Crippen LogP contribution in [-0.2, 0) is 14.8 Å². The third kappa shape index (κ3) is 3.95. The first-order valence-electron chi connectivity index (χ1n) is 7.20. The molecule has 2 rings (SSSR count). The number of nitrogens with one attached hydrogen (secondary N) is 1. The molecule has 122 valence electrons. The molecule has 0 radical (unpaired) electrons. The number of hydrogen-bond acceptors (Lipinski definition) is 5. The summed E-state index contributed by atoms with van der Waals surface area (Å²) in [6.07, 6.45) is 4.90. The van der Waals surface area contributed by atoms with Crippen LogP contribution in [0.15, 0.2) is 18.3 Å². The maximum absolute atomic E-state index is 12.4. The quantitative estimate of drug-likeness (QED) is 0.889. The molecule has 0 aromatic carbocycles. The molecule has 1 saturated heterocycles. The first-order valence-corrected chi connectivity index (χ1v) is 9.05. The van der Waals surface area contributed by atoms with Crippen LogP contribution in [-0.4, -0.2) is 56.6 Å². The number of nitrogens with zero attached hydrogens (tertiary/aromatic N) is 3. The van der Waals surface area contributed by atoms with Crippen LogP contribution in [0.25, 0.3) is 0 Å². The molecule has 2 heterocycles. The molecular formula is C14H22N4O3S. The summed E-state index contributed by atoms with van der Waals surface area (Å²) in [6, 6.07) is 2.91. The third-order valence-corrected chi connectivity index (χ3v) is 4.94. The highest BCUT2D eigenvalue weighted by molar-refractivity contribution is 7.88. The Bertz CT molecular complexity index is 628. The number of rotatable bonds is 4. The van der Waals surface area contributed by atoms with Gasteiger partial charge in [-0.15, -0.1) is 0 Å². The van der Waals surface area contributed by atoms with Crippen molar-refractivity contribution in [2.24, 2.45) is 0 Å². The van der Waals surface area contributed by atoms with Gasteiger partial charge in [-0.05, 0) is 25.0 Å². The van der Waals surface area contributed by atoms with Gasteiger partial charge in [0.25, 0.3) is 0 Å². The number of sulfonamides is 1. The molecular weight excluding hydrogens is 304 g/mol. The number of aromatic nitrogens is 1. The van der Waals surface area contributed by atoms with Crippen molar-refractivity contribution in [3.8, 4) is 0 Å². The van der Waals surface area contributed by atoms with Gasteiger partial charge in [-0.1, -0.05) is 6.42 Å². The van der Waals surface area contributed by atoms with Gasteiger partial charge in [-0.2, -0.15) is 4.31 Å². The minimum Gasteiger partial charge on any atom is -0.363 e. The molecule has 1 aliphatic rings. The zero-order chi connectivity index (χ0) is 16.3. The van der Waals surface area contributed by atoms with E-state index in [1.807, 2.05) is 19.0 Å². The van der Waals surface area contributed by atoms with Gasteiger partial charge >= 0.3 is 0 Å². The molecule has 1 amide bonds. The zero-order valence-electron chi connectivity index (χ0n) is 13.1. The van der Waals surface area contributed by atoms with Gasteiger partial charge in [0.2, 0.25) is 15.9 Å². The summed E-state index contributed by atoms with van der Waals surface area (Å²) in [5.41, 5.74) is 0.564. The fraction of sp³-hybridized carbons (Fsp3) is 0.571. The third-order valence-electron chi connectivity index (χ3n) is 3.66. The number of piperidine rings is 1. The highest BCUT2D eigenvalue weighted by atomic mass is 32.2. The lowest BCUT2D eigenvalue weighted by atomic mass is 10.0. The van der Waals surface area contributed by atoms with E-state index in [4.69, 9.17) is 0 Å². The predicted molar refractivity (Wildman–Crippen MR) is 86.4 cm³/mol. The molecule has 1 aromatic heterocycles. The van der Waals surface area contributed by atoms with Crippen molar-refractivity contribution in [2.45, 2.75) is 25.3 Å². The van der Waals surface area contributed by atoms with Crippen LogP contribution in [0.2, 0.25) is 0 Å². The summed E-state index contributed by atoms with van der Waals surface area (Å²) in [5.74, 6) is 0.484. The molecule has 8 heteroatoms. The summed E-state index contributed by atoms with van der Waals surface area (Å²) >= 11 is 0. The average molecular weight is 326 g/mol. The van der Waals surface area contributed by atoms with E-state index >= 15 is 0 Å². The molecule has 1 N–H and O–H groups in total. The van der Waals surface area contributed by atoms with Crippen molar-refractivity contribution in [3.05, 3.63) is 18.3 Å². The van der Waals surface area contributed by atoms with Gasteiger partial charge in [0.1, 0.15) is 11.9 Å². The molecule has 1 atom stereocenters. The van der Waals surface area contributed by atoms with Crippen LogP contribution in [0, 0.1) is 0 Å². The maximum Gasteiger partial charge on any atom is 0.242 e. The van der Waals surface area contributed by atoms with Crippen molar-refractivity contribution < 1.29 is 13.2 Å². The van der Waals surface area contributed by atoms with E-state index in [1.165, 1.54) is 4.31 Å². The van der Waals surface area contributed by atoms with Gasteiger partial charge in [-0.25, -0.2) is 13.4 Å². The SMILES string of the molecule is CN(C)c1ccc(NC(=O)C2CCCCN2S(C)(=O)=O)cn1. The first kappa shape index (κ1) is 16.7. The van der Waals surface area contributed by atoms with E-state index in [-0.39, 0.29) is 5.91 Å². The Morgan fingerprint density at radius 2 is 2.09 bits per heavy atom. The lowest BCUT2D eigenvalue weighted by Gasteiger charge is -2.32. The second-order valence-corrected chi connectivity index (χ2v) is 7.61. The smallest absolute Gasteiger partial charge is 0.242 e. The molecule has 1 unspecified atom stereocenters. The van der Waals surface area contributed by atoms with E-state index in [0.29, 0.717) is 18.7 Å². The minimum atomic E-state index is -3.38. The lowest BCUT2D eigenvalue weighted by Crippen LogP contribution is -2.49. The van der Waals surface area contributed by atoms with E-state index in [2.05, 4.69) is 10.3 Å². The van der Waals surface area contributed by atoms with E-state index in [0.717, 1.165) is 24.9 Å². The van der Waals surface area contributed by atoms with Crippen LogP contribution in [0.5, 0.6) is 0 Å². The number of hydrogen-bond donors (Lipinski definition) is 1. The molecule has 22 heavy (non-hydrogen) atoms. The Morgan fingerprint density at radius 1 is 1.36 bits per heavy atom. The van der Waals surface area contributed by atoms with E-state index in [1.54, 1.807) is 18.3 Å². The highest BCUT2D eigenvalue weighted by Gasteiger charge is 2.34. The standard InChI is InChI=1S/C14H22N4O3S/c1-17(2)13-8-7-11(10-15-13)16-14(19)12-6-4-5-9-18(12)22(3,20)21/h7-8,10,12H,4-6,9H2,1-3H3,(H,16,19). The Labute approximate surface area is 131 Å². The second-order valence-electron chi connectivity index (χ2n) is 5.67. The van der Waals surface area contributed by atoms with Gasteiger partial charge in [0.05, 0.1) is 18.1 Å². The number of amides is 1. The van der Waals surface area contributed by atoms with Crippen LogP contribution in [0.1, 0.15) is 19.3 Å². The van der Waals surface area contributed by atoms with Gasteiger partial charge in [0, 0.05) is 20.6 Å². The predicted octanol–water partition coefficient (Wildman–Crippen LogP) is 0.900. The number of pyridine rings is 1. The maximum atomic E-state index is 12.4. The normalized spacial score (nSPS) is 19.7. The van der Waals surface area contributed by atoms with Gasteiger partial charge in [-0.3, -0.25) is 4.79 Å². The van der Waals surface area contributed by atoms with E-state index < -0.39 is 16.1 Å². The highest BCUT2D eigenvalue weighted by Crippen LogP contribution is 2.21. The zero-order valence-corrected chi connectivity index (χ0v) is 13.9. The van der Waals surface area contributed by atoms with Crippen molar-refractivity contribution in [1.82, 2.24) is 9.29 Å². The van der Waals surface area contributed by atoms with Gasteiger partial charge < -0.3 is 10.2 Å². The Balaban J connectivity index is 2.10. The minimum absolute atomic E-state index is 0.301. The van der Waals surface area contributed by atoms with Crippen molar-refractivity contribution in [3.63, 3.8) is 0 Å². The fourth-order valence-corrected chi connectivity index (χ4v) is 3.64. The number of anilines is 2. The second kappa shape index (κ2) is 6.62. The van der Waals surface area contributed by atoms with Crippen molar-refractivity contribution in [1.29, 1.82) is 0 Å².